The molecule has 0 saturated heterocycles. The Bertz CT molecular complexity index is 1790. The van der Waals surface area contributed by atoms with Crippen molar-refractivity contribution in [1.82, 2.24) is 29.5 Å². The number of Topliss-reactive ketones (excluding diaryl/α,β-unsaturated/α-hetero) is 2. The quantitative estimate of drug-likeness (QED) is 0.0966. The Morgan fingerprint density at radius 2 is 0.911 bits per heavy atom. The van der Waals surface area contributed by atoms with Crippen molar-refractivity contribution in [3.63, 3.8) is 0 Å². The summed E-state index contributed by atoms with van der Waals surface area (Å²) in [5.74, 6) is 1.52. The number of nitrogens with zero attached hydrogens (tertiary/aromatic N) is 6. The molecule has 4 aromatic carbocycles. The van der Waals surface area contributed by atoms with Crippen molar-refractivity contribution < 1.29 is 9.59 Å². The Hall–Kier alpha value is -4.22. The lowest BCUT2D eigenvalue weighted by Crippen LogP contribution is -2.10. The number of para-hydroxylation sites is 2. The second-order valence-corrected chi connectivity index (χ2v) is 12.5. The normalized spacial score (nSPS) is 11.1. The molecule has 0 amide bonds. The van der Waals surface area contributed by atoms with E-state index in [4.69, 9.17) is 23.2 Å². The molecular weight excluding hydrogens is 647 g/mol. The van der Waals surface area contributed by atoms with Gasteiger partial charge in [0, 0.05) is 32.5 Å². The zero-order chi connectivity index (χ0) is 31.2. The first-order valence-corrected chi connectivity index (χ1v) is 16.5. The molecule has 0 saturated carbocycles. The van der Waals surface area contributed by atoms with Crippen LogP contribution in [0.4, 0.5) is 0 Å². The smallest absolute Gasteiger partial charge is 0.196 e. The largest absolute Gasteiger partial charge is 0.293 e. The van der Waals surface area contributed by atoms with Crippen molar-refractivity contribution in [2.75, 3.05) is 11.5 Å². The van der Waals surface area contributed by atoms with E-state index in [1.165, 1.54) is 23.5 Å². The van der Waals surface area contributed by atoms with Crippen LogP contribution in [-0.4, -0.2) is 52.6 Å². The molecule has 45 heavy (non-hydrogen) atoms. The number of ketones is 2. The summed E-state index contributed by atoms with van der Waals surface area (Å²) in [6.07, 6.45) is 0.293. The highest BCUT2D eigenvalue weighted by molar-refractivity contribution is 8.00. The third-order valence-corrected chi connectivity index (χ3v) is 9.10. The van der Waals surface area contributed by atoms with Gasteiger partial charge in [-0.2, -0.15) is 0 Å². The van der Waals surface area contributed by atoms with Crippen LogP contribution in [0.25, 0.3) is 11.4 Å². The fraction of sp³-hybridized carbons (Fsp3) is 0.0909. The van der Waals surface area contributed by atoms with Gasteiger partial charge in [-0.15, -0.1) is 20.4 Å². The van der Waals surface area contributed by atoms with Gasteiger partial charge in [-0.25, -0.2) is 0 Å². The van der Waals surface area contributed by atoms with E-state index in [1.54, 1.807) is 48.5 Å². The molecule has 0 spiro atoms. The first-order valence-electron chi connectivity index (χ1n) is 13.8. The van der Waals surface area contributed by atoms with E-state index >= 15 is 0 Å². The summed E-state index contributed by atoms with van der Waals surface area (Å²) in [6, 6.07) is 33.1. The zero-order valence-electron chi connectivity index (χ0n) is 23.6. The minimum Gasteiger partial charge on any atom is -0.293 e. The number of aromatic nitrogens is 6. The third kappa shape index (κ3) is 7.37. The van der Waals surface area contributed by atoms with Gasteiger partial charge in [0.1, 0.15) is 11.6 Å². The van der Waals surface area contributed by atoms with Crippen LogP contribution in [0.5, 0.6) is 0 Å². The van der Waals surface area contributed by atoms with E-state index in [9.17, 15) is 9.59 Å². The number of carbonyl (C=O) groups excluding carboxylic acids is 2. The monoisotopic (exact) mass is 670 g/mol. The number of hydrogen-bond donors (Lipinski definition) is 0. The minimum atomic E-state index is -0.0422. The van der Waals surface area contributed by atoms with Gasteiger partial charge in [-0.3, -0.25) is 18.7 Å². The summed E-state index contributed by atoms with van der Waals surface area (Å²) in [5.41, 5.74) is 2.86. The maximum Gasteiger partial charge on any atom is 0.196 e. The highest BCUT2D eigenvalue weighted by Crippen LogP contribution is 2.28. The third-order valence-electron chi connectivity index (χ3n) is 6.74. The van der Waals surface area contributed by atoms with Gasteiger partial charge in [-0.05, 0) is 72.8 Å². The Morgan fingerprint density at radius 1 is 0.533 bits per heavy atom. The summed E-state index contributed by atoms with van der Waals surface area (Å²) in [4.78, 5) is 25.8. The van der Waals surface area contributed by atoms with E-state index in [0.717, 1.165) is 11.4 Å². The molecule has 0 radical (unpaired) electrons. The van der Waals surface area contributed by atoms with Crippen LogP contribution in [0, 0.1) is 0 Å². The SMILES string of the molecule is O=C(CSc1nnc(Cc2nnc(SCC(=O)c3ccc(Cl)cc3)n2-c2ccccc2)n1-c1ccccc1)c1ccc(Cl)cc1. The van der Waals surface area contributed by atoms with Gasteiger partial charge < -0.3 is 0 Å². The fourth-order valence-electron chi connectivity index (χ4n) is 4.53. The number of benzene rings is 4. The molecule has 0 fully saturated rings. The topological polar surface area (TPSA) is 95.6 Å². The van der Waals surface area contributed by atoms with E-state index < -0.39 is 0 Å². The Balaban J connectivity index is 1.29. The Labute approximate surface area is 277 Å². The van der Waals surface area contributed by atoms with Crippen molar-refractivity contribution in [2.24, 2.45) is 0 Å². The van der Waals surface area contributed by atoms with Crippen molar-refractivity contribution >= 4 is 58.3 Å². The molecule has 0 atom stereocenters. The number of rotatable bonds is 12. The lowest BCUT2D eigenvalue weighted by Gasteiger charge is -2.12. The summed E-state index contributed by atoms with van der Waals surface area (Å²) >= 11 is 14.6. The van der Waals surface area contributed by atoms with Gasteiger partial charge in [0.2, 0.25) is 0 Å². The van der Waals surface area contributed by atoms with Gasteiger partial charge in [0.15, 0.2) is 21.9 Å². The average molecular weight is 672 g/mol. The minimum absolute atomic E-state index is 0.0422. The lowest BCUT2D eigenvalue weighted by molar-refractivity contribution is 0.101. The van der Waals surface area contributed by atoms with E-state index in [1.807, 2.05) is 69.8 Å². The highest BCUT2D eigenvalue weighted by Gasteiger charge is 2.22. The zero-order valence-corrected chi connectivity index (χ0v) is 26.7. The fourth-order valence-corrected chi connectivity index (χ4v) is 6.51. The van der Waals surface area contributed by atoms with Crippen molar-refractivity contribution in [3.8, 4) is 11.4 Å². The summed E-state index contributed by atoms with van der Waals surface area (Å²) in [6.45, 7) is 0. The Kier molecular flexibility index (Phi) is 9.75. The number of carbonyl (C=O) groups is 2. The van der Waals surface area contributed by atoms with E-state index in [-0.39, 0.29) is 23.1 Å². The van der Waals surface area contributed by atoms with Gasteiger partial charge >= 0.3 is 0 Å². The van der Waals surface area contributed by atoms with E-state index in [0.29, 0.717) is 49.6 Å². The second-order valence-electron chi connectivity index (χ2n) is 9.75. The maximum absolute atomic E-state index is 12.9. The molecule has 0 aliphatic carbocycles. The number of hydrogen-bond acceptors (Lipinski definition) is 8. The van der Waals surface area contributed by atoms with Crippen LogP contribution in [-0.2, 0) is 6.42 Å². The van der Waals surface area contributed by atoms with Crippen LogP contribution >= 0.6 is 46.7 Å². The molecular formula is C33H24Cl2N6O2S2. The van der Waals surface area contributed by atoms with E-state index in [2.05, 4.69) is 20.4 Å². The lowest BCUT2D eigenvalue weighted by atomic mass is 10.1. The molecule has 0 unspecified atom stereocenters. The molecule has 8 nitrogen and oxygen atoms in total. The second kappa shape index (κ2) is 14.3. The molecule has 224 valence electrons. The molecule has 6 rings (SSSR count). The predicted molar refractivity (Wildman–Crippen MR) is 179 cm³/mol. The summed E-state index contributed by atoms with van der Waals surface area (Å²) in [5, 5.41) is 20.3. The van der Waals surface area contributed by atoms with Crippen LogP contribution in [0.2, 0.25) is 10.0 Å². The molecule has 2 heterocycles. The van der Waals surface area contributed by atoms with Gasteiger partial charge in [0.25, 0.3) is 0 Å². The predicted octanol–water partition coefficient (Wildman–Crippen LogP) is 7.70. The molecule has 2 aromatic heterocycles. The summed E-state index contributed by atoms with van der Waals surface area (Å²) in [7, 11) is 0. The molecule has 0 N–H and O–H groups in total. The van der Waals surface area contributed by atoms with Crippen molar-refractivity contribution in [2.45, 2.75) is 16.7 Å². The number of halogens is 2. The van der Waals surface area contributed by atoms with Crippen LogP contribution in [0.15, 0.2) is 120 Å². The molecule has 6 aromatic rings. The first-order chi connectivity index (χ1) is 22.0. The van der Waals surface area contributed by atoms with Gasteiger partial charge in [-0.1, -0.05) is 83.1 Å². The number of thioether (sulfide) groups is 2. The molecule has 12 heteroatoms. The van der Waals surface area contributed by atoms with Crippen LogP contribution in [0.1, 0.15) is 32.4 Å². The molecule has 0 bridgehead atoms. The molecule has 0 aliphatic heterocycles. The average Bonchev–Trinajstić information content (AvgIpc) is 3.67. The maximum atomic E-state index is 12.9. The highest BCUT2D eigenvalue weighted by atomic mass is 35.5. The first kappa shape index (κ1) is 30.8. The Morgan fingerprint density at radius 3 is 1.29 bits per heavy atom. The molecule has 0 aliphatic rings. The van der Waals surface area contributed by atoms with Crippen molar-refractivity contribution in [3.05, 3.63) is 142 Å². The van der Waals surface area contributed by atoms with Crippen LogP contribution in [0.3, 0.4) is 0 Å². The summed E-state index contributed by atoms with van der Waals surface area (Å²) < 4.78 is 3.86. The standard InChI is InChI=1S/C33H24Cl2N6O2S2/c34-24-15-11-22(12-16-24)28(42)20-44-32-38-36-30(40(32)26-7-3-1-4-8-26)19-31-37-39-33(41(31)27-9-5-2-6-10-27)45-21-29(43)23-13-17-25(35)18-14-23/h1-18H,19-21H2. The van der Waals surface area contributed by atoms with Crippen molar-refractivity contribution in [1.29, 1.82) is 0 Å². The van der Waals surface area contributed by atoms with Gasteiger partial charge in [0.05, 0.1) is 17.9 Å². The van der Waals surface area contributed by atoms with Crippen LogP contribution < -0.4 is 0 Å².